The van der Waals surface area contributed by atoms with E-state index in [0.717, 1.165) is 24.6 Å². The third-order valence-electron chi connectivity index (χ3n) is 3.24. The molecule has 0 aromatic heterocycles. The van der Waals surface area contributed by atoms with E-state index in [-0.39, 0.29) is 0 Å². The van der Waals surface area contributed by atoms with E-state index in [1.165, 1.54) is 16.7 Å². The predicted octanol–water partition coefficient (Wildman–Crippen LogP) is 4.84. The van der Waals surface area contributed by atoms with Gasteiger partial charge in [-0.15, -0.1) is 0 Å². The molecule has 0 fully saturated rings. The topological polar surface area (TPSA) is 21.3 Å². The lowest BCUT2D eigenvalue weighted by Crippen LogP contribution is -2.18. The van der Waals surface area contributed by atoms with Crippen LogP contribution in [-0.2, 0) is 6.54 Å². The molecule has 21 heavy (non-hydrogen) atoms. The zero-order valence-electron chi connectivity index (χ0n) is 13.4. The van der Waals surface area contributed by atoms with Gasteiger partial charge >= 0.3 is 0 Å². The maximum atomic E-state index is 5.92. The van der Waals surface area contributed by atoms with Gasteiger partial charge in [0.25, 0.3) is 0 Å². The van der Waals surface area contributed by atoms with Crippen molar-refractivity contribution in [1.29, 1.82) is 0 Å². The predicted molar refractivity (Wildman–Crippen MR) is 89.0 cm³/mol. The molecule has 2 nitrogen and oxygen atoms in total. The van der Waals surface area contributed by atoms with Crippen LogP contribution in [0.5, 0.6) is 11.5 Å². The molecule has 0 aliphatic rings. The molecule has 0 amide bonds. The summed E-state index contributed by atoms with van der Waals surface area (Å²) in [7, 11) is 0. The van der Waals surface area contributed by atoms with Gasteiger partial charge in [-0.2, -0.15) is 0 Å². The summed E-state index contributed by atoms with van der Waals surface area (Å²) < 4.78 is 5.92. The first-order valence-electron chi connectivity index (χ1n) is 7.59. The van der Waals surface area contributed by atoms with Crippen molar-refractivity contribution in [3.05, 3.63) is 59.2 Å². The van der Waals surface area contributed by atoms with E-state index >= 15 is 0 Å². The highest BCUT2D eigenvalue weighted by Gasteiger charge is 2.00. The lowest BCUT2D eigenvalue weighted by Gasteiger charge is -2.10. The first-order valence-corrected chi connectivity index (χ1v) is 7.59. The molecule has 0 radical (unpaired) electrons. The van der Waals surface area contributed by atoms with Gasteiger partial charge in [-0.1, -0.05) is 32.0 Å². The molecule has 2 aromatic carbocycles. The third kappa shape index (κ3) is 5.24. The lowest BCUT2D eigenvalue weighted by molar-refractivity contribution is 0.481. The summed E-state index contributed by atoms with van der Waals surface area (Å²) >= 11 is 0. The molecule has 0 bridgehead atoms. The Balaban J connectivity index is 1.95. The second-order valence-electron chi connectivity index (χ2n) is 6.09. The van der Waals surface area contributed by atoms with Gasteiger partial charge in [-0.3, -0.25) is 0 Å². The Hall–Kier alpha value is -1.80. The van der Waals surface area contributed by atoms with E-state index < -0.39 is 0 Å². The molecular formula is C19H25NO. The van der Waals surface area contributed by atoms with Gasteiger partial charge < -0.3 is 10.1 Å². The summed E-state index contributed by atoms with van der Waals surface area (Å²) in [6, 6.07) is 14.6. The zero-order chi connectivity index (χ0) is 15.2. The maximum absolute atomic E-state index is 5.92. The number of hydrogen-bond acceptors (Lipinski definition) is 2. The molecule has 112 valence electrons. The van der Waals surface area contributed by atoms with Crippen LogP contribution < -0.4 is 10.1 Å². The van der Waals surface area contributed by atoms with Crippen molar-refractivity contribution in [2.75, 3.05) is 6.54 Å². The molecule has 0 saturated carbocycles. The second kappa shape index (κ2) is 7.28. The zero-order valence-corrected chi connectivity index (χ0v) is 13.4. The van der Waals surface area contributed by atoms with Crippen LogP contribution in [0.2, 0.25) is 0 Å². The van der Waals surface area contributed by atoms with E-state index in [9.17, 15) is 0 Å². The van der Waals surface area contributed by atoms with Crippen molar-refractivity contribution in [1.82, 2.24) is 5.32 Å². The van der Waals surface area contributed by atoms with Gasteiger partial charge in [0.2, 0.25) is 0 Å². The SMILES string of the molecule is Cc1cc(C)cc(Oc2ccc(CNCC(C)C)cc2)c1. The number of nitrogens with one attached hydrogen (secondary N) is 1. The van der Waals surface area contributed by atoms with Crippen LogP contribution in [0.15, 0.2) is 42.5 Å². The van der Waals surface area contributed by atoms with Gasteiger partial charge in [-0.05, 0) is 67.3 Å². The number of benzene rings is 2. The number of aryl methyl sites for hydroxylation is 2. The number of hydrogen-bond donors (Lipinski definition) is 1. The first kappa shape index (κ1) is 15.6. The molecule has 2 aromatic rings. The second-order valence-corrected chi connectivity index (χ2v) is 6.09. The molecule has 0 aliphatic carbocycles. The van der Waals surface area contributed by atoms with Crippen LogP contribution in [0.3, 0.4) is 0 Å². The van der Waals surface area contributed by atoms with Gasteiger partial charge in [0.15, 0.2) is 0 Å². The fraction of sp³-hybridized carbons (Fsp3) is 0.368. The summed E-state index contributed by atoms with van der Waals surface area (Å²) in [6.07, 6.45) is 0. The average molecular weight is 283 g/mol. The van der Waals surface area contributed by atoms with Crippen molar-refractivity contribution in [3.8, 4) is 11.5 Å². The van der Waals surface area contributed by atoms with Gasteiger partial charge in [0, 0.05) is 6.54 Å². The minimum absolute atomic E-state index is 0.678. The summed E-state index contributed by atoms with van der Waals surface area (Å²) in [4.78, 5) is 0. The standard InChI is InChI=1S/C19H25NO/c1-14(2)12-20-13-17-5-7-18(8-6-17)21-19-10-15(3)9-16(4)11-19/h5-11,14,20H,12-13H2,1-4H3. The highest BCUT2D eigenvalue weighted by molar-refractivity contribution is 5.37. The van der Waals surface area contributed by atoms with E-state index in [0.29, 0.717) is 5.92 Å². The Morgan fingerprint density at radius 3 is 2.10 bits per heavy atom. The van der Waals surface area contributed by atoms with E-state index in [1.807, 2.05) is 12.1 Å². The molecule has 0 atom stereocenters. The van der Waals surface area contributed by atoms with Crippen molar-refractivity contribution in [3.63, 3.8) is 0 Å². The summed E-state index contributed by atoms with van der Waals surface area (Å²) in [5.41, 5.74) is 3.72. The average Bonchev–Trinajstić information content (AvgIpc) is 2.39. The van der Waals surface area contributed by atoms with Crippen molar-refractivity contribution in [2.45, 2.75) is 34.2 Å². The number of rotatable bonds is 6. The van der Waals surface area contributed by atoms with Crippen LogP contribution in [0.4, 0.5) is 0 Å². The van der Waals surface area contributed by atoms with Gasteiger partial charge in [-0.25, -0.2) is 0 Å². The Kier molecular flexibility index (Phi) is 5.40. The Bertz CT molecular complexity index is 552. The van der Waals surface area contributed by atoms with E-state index in [4.69, 9.17) is 4.74 Å². The van der Waals surface area contributed by atoms with Gasteiger partial charge in [0.05, 0.1) is 0 Å². The summed E-state index contributed by atoms with van der Waals surface area (Å²) in [6.45, 7) is 10.6. The van der Waals surface area contributed by atoms with E-state index in [2.05, 4.69) is 63.3 Å². The molecule has 0 aliphatic heterocycles. The fourth-order valence-electron chi connectivity index (χ4n) is 2.31. The van der Waals surface area contributed by atoms with Crippen LogP contribution in [0, 0.1) is 19.8 Å². The minimum Gasteiger partial charge on any atom is -0.457 e. The molecule has 2 rings (SSSR count). The maximum Gasteiger partial charge on any atom is 0.127 e. The summed E-state index contributed by atoms with van der Waals surface area (Å²) in [5.74, 6) is 2.46. The normalized spacial score (nSPS) is 10.9. The Morgan fingerprint density at radius 1 is 0.905 bits per heavy atom. The number of ether oxygens (including phenoxy) is 1. The first-order chi connectivity index (χ1) is 10.0. The summed E-state index contributed by atoms with van der Waals surface area (Å²) in [5, 5.41) is 3.44. The van der Waals surface area contributed by atoms with E-state index in [1.54, 1.807) is 0 Å². The van der Waals surface area contributed by atoms with Gasteiger partial charge in [0.1, 0.15) is 11.5 Å². The van der Waals surface area contributed by atoms with Crippen molar-refractivity contribution >= 4 is 0 Å². The molecule has 0 unspecified atom stereocenters. The minimum atomic E-state index is 0.678. The van der Waals surface area contributed by atoms with Crippen LogP contribution in [0.1, 0.15) is 30.5 Å². The Labute approximate surface area is 128 Å². The largest absolute Gasteiger partial charge is 0.457 e. The quantitative estimate of drug-likeness (QED) is 0.819. The fourth-order valence-corrected chi connectivity index (χ4v) is 2.31. The van der Waals surface area contributed by atoms with Crippen LogP contribution in [0.25, 0.3) is 0 Å². The van der Waals surface area contributed by atoms with Crippen molar-refractivity contribution < 1.29 is 4.74 Å². The smallest absolute Gasteiger partial charge is 0.127 e. The molecule has 1 N–H and O–H groups in total. The highest BCUT2D eigenvalue weighted by atomic mass is 16.5. The van der Waals surface area contributed by atoms with Crippen molar-refractivity contribution in [2.24, 2.45) is 5.92 Å². The lowest BCUT2D eigenvalue weighted by atomic mass is 10.1. The Morgan fingerprint density at radius 2 is 1.52 bits per heavy atom. The molecule has 0 heterocycles. The molecular weight excluding hydrogens is 258 g/mol. The van der Waals surface area contributed by atoms with Crippen LogP contribution >= 0.6 is 0 Å². The molecule has 0 spiro atoms. The van der Waals surface area contributed by atoms with Crippen LogP contribution in [-0.4, -0.2) is 6.54 Å². The third-order valence-corrected chi connectivity index (χ3v) is 3.24. The molecule has 2 heteroatoms. The molecule has 0 saturated heterocycles. The monoisotopic (exact) mass is 283 g/mol. The highest BCUT2D eigenvalue weighted by Crippen LogP contribution is 2.24.